The third kappa shape index (κ3) is 6.88. The lowest BCUT2D eigenvalue weighted by molar-refractivity contribution is -0.0773. The largest absolute Gasteiger partial charge is 0.372 e. The zero-order valence-electron chi connectivity index (χ0n) is 11.8. The minimum atomic E-state index is -0.0312. The molecule has 0 amide bonds. The maximum atomic E-state index is 6.28. The van der Waals surface area contributed by atoms with Gasteiger partial charge in [0.05, 0.1) is 11.7 Å². The van der Waals surface area contributed by atoms with Gasteiger partial charge in [-0.15, -0.1) is 6.58 Å². The fraction of sp³-hybridized carbons (Fsp3) is 0.875. The zero-order chi connectivity index (χ0) is 12.6. The molecule has 100 valence electrons. The van der Waals surface area contributed by atoms with Gasteiger partial charge in [-0.05, 0) is 33.1 Å². The molecule has 0 bridgehead atoms. The van der Waals surface area contributed by atoms with Gasteiger partial charge in [-0.25, -0.2) is 0 Å². The lowest BCUT2D eigenvalue weighted by Gasteiger charge is -2.30. The van der Waals surface area contributed by atoms with Gasteiger partial charge in [0.1, 0.15) is 0 Å². The van der Waals surface area contributed by atoms with E-state index in [9.17, 15) is 0 Å². The van der Waals surface area contributed by atoms with E-state index in [0.29, 0.717) is 6.10 Å². The summed E-state index contributed by atoms with van der Waals surface area (Å²) in [6, 6.07) is 0. The van der Waals surface area contributed by atoms with Crippen LogP contribution in [0.1, 0.15) is 78.1 Å². The molecular weight excluding hydrogens is 208 g/mol. The summed E-state index contributed by atoms with van der Waals surface area (Å²) in [5.74, 6) is 0. The smallest absolute Gasteiger partial charge is 0.0664 e. The molecule has 1 nitrogen and oxygen atoms in total. The Kier molecular flexibility index (Phi) is 6.87. The molecule has 0 aromatic rings. The maximum absolute atomic E-state index is 6.28. The molecule has 0 aliphatic heterocycles. The highest BCUT2D eigenvalue weighted by Crippen LogP contribution is 2.25. The highest BCUT2D eigenvalue weighted by molar-refractivity contribution is 4.82. The summed E-state index contributed by atoms with van der Waals surface area (Å²) < 4.78 is 6.28. The van der Waals surface area contributed by atoms with Crippen LogP contribution in [0.5, 0.6) is 0 Å². The summed E-state index contributed by atoms with van der Waals surface area (Å²) in [5.41, 5.74) is -0.0312. The third-order valence-corrected chi connectivity index (χ3v) is 3.67. The molecule has 0 saturated heterocycles. The van der Waals surface area contributed by atoms with E-state index in [4.69, 9.17) is 4.74 Å². The molecule has 17 heavy (non-hydrogen) atoms. The molecule has 0 aromatic carbocycles. The summed E-state index contributed by atoms with van der Waals surface area (Å²) in [5, 5.41) is 0. The van der Waals surface area contributed by atoms with Crippen LogP contribution in [-0.4, -0.2) is 11.7 Å². The van der Waals surface area contributed by atoms with Crippen LogP contribution in [0.4, 0.5) is 0 Å². The lowest BCUT2D eigenvalue weighted by atomic mass is 9.97. The van der Waals surface area contributed by atoms with Gasteiger partial charge in [-0.3, -0.25) is 0 Å². The second-order valence-corrected chi connectivity index (χ2v) is 6.04. The van der Waals surface area contributed by atoms with Crippen molar-refractivity contribution in [3.63, 3.8) is 0 Å². The summed E-state index contributed by atoms with van der Waals surface area (Å²) >= 11 is 0. The first kappa shape index (κ1) is 14.8. The quantitative estimate of drug-likeness (QED) is 0.608. The zero-order valence-corrected chi connectivity index (χ0v) is 11.8. The molecule has 0 radical (unpaired) electrons. The molecule has 1 fully saturated rings. The molecule has 1 aliphatic rings. The van der Waals surface area contributed by atoms with Crippen molar-refractivity contribution >= 4 is 0 Å². The van der Waals surface area contributed by atoms with E-state index in [1.165, 1.54) is 57.8 Å². The van der Waals surface area contributed by atoms with Crippen molar-refractivity contribution in [1.82, 2.24) is 0 Å². The molecular formula is C16H30O. The monoisotopic (exact) mass is 238 g/mol. The fourth-order valence-electron chi connectivity index (χ4n) is 2.74. The van der Waals surface area contributed by atoms with Gasteiger partial charge in [0.25, 0.3) is 0 Å². The summed E-state index contributed by atoms with van der Waals surface area (Å²) in [6.07, 6.45) is 15.6. The molecule has 0 atom stereocenters. The van der Waals surface area contributed by atoms with Crippen LogP contribution in [0.25, 0.3) is 0 Å². The van der Waals surface area contributed by atoms with E-state index in [2.05, 4.69) is 20.4 Å². The van der Waals surface area contributed by atoms with Crippen LogP contribution >= 0.6 is 0 Å². The molecule has 0 spiro atoms. The average molecular weight is 238 g/mol. The molecule has 1 saturated carbocycles. The van der Waals surface area contributed by atoms with Gasteiger partial charge in [0.15, 0.2) is 0 Å². The Bertz CT molecular complexity index is 198. The van der Waals surface area contributed by atoms with Crippen molar-refractivity contribution < 1.29 is 4.74 Å². The van der Waals surface area contributed by atoms with E-state index in [1.54, 1.807) is 0 Å². The SMILES string of the molecule is C=CCC(C)(C)OC1CCCCCCCCC1. The van der Waals surface area contributed by atoms with E-state index >= 15 is 0 Å². The molecule has 0 heterocycles. The van der Waals surface area contributed by atoms with Crippen LogP contribution in [0, 0.1) is 0 Å². The van der Waals surface area contributed by atoms with Crippen LogP contribution in [0.3, 0.4) is 0 Å². The number of hydrogen-bond donors (Lipinski definition) is 0. The summed E-state index contributed by atoms with van der Waals surface area (Å²) in [6.45, 7) is 8.20. The third-order valence-electron chi connectivity index (χ3n) is 3.67. The van der Waals surface area contributed by atoms with Crippen molar-refractivity contribution in [2.24, 2.45) is 0 Å². The molecule has 1 aliphatic carbocycles. The first-order chi connectivity index (χ1) is 8.14. The molecule has 1 heteroatoms. The van der Waals surface area contributed by atoms with Gasteiger partial charge in [0.2, 0.25) is 0 Å². The highest BCUT2D eigenvalue weighted by Gasteiger charge is 2.22. The van der Waals surface area contributed by atoms with Crippen molar-refractivity contribution in [3.05, 3.63) is 12.7 Å². The number of hydrogen-bond acceptors (Lipinski definition) is 1. The van der Waals surface area contributed by atoms with Gasteiger partial charge in [0, 0.05) is 0 Å². The van der Waals surface area contributed by atoms with Crippen LogP contribution in [0.2, 0.25) is 0 Å². The Labute approximate surface area is 108 Å². The number of rotatable bonds is 4. The molecule has 1 rings (SSSR count). The Balaban J connectivity index is 2.38. The fourth-order valence-corrected chi connectivity index (χ4v) is 2.74. The summed E-state index contributed by atoms with van der Waals surface area (Å²) in [7, 11) is 0. The standard InChI is InChI=1S/C16H30O/c1-4-14-16(2,3)17-15-12-10-8-6-5-7-9-11-13-15/h4,15H,1,5-14H2,2-3H3. The van der Waals surface area contributed by atoms with E-state index in [-0.39, 0.29) is 5.60 Å². The Morgan fingerprint density at radius 1 is 1.00 bits per heavy atom. The van der Waals surface area contributed by atoms with Crippen LogP contribution in [0.15, 0.2) is 12.7 Å². The lowest BCUT2D eigenvalue weighted by Crippen LogP contribution is -2.30. The minimum absolute atomic E-state index is 0.0312. The molecule has 0 aromatic heterocycles. The predicted octanol–water partition coefficient (Wildman–Crippen LogP) is 5.25. The minimum Gasteiger partial charge on any atom is -0.372 e. The molecule has 0 N–H and O–H groups in total. The topological polar surface area (TPSA) is 9.23 Å². The molecule has 0 unspecified atom stereocenters. The Hall–Kier alpha value is -0.300. The van der Waals surface area contributed by atoms with Gasteiger partial charge < -0.3 is 4.74 Å². The average Bonchev–Trinajstić information content (AvgIpc) is 2.26. The first-order valence-electron chi connectivity index (χ1n) is 7.43. The second-order valence-electron chi connectivity index (χ2n) is 6.04. The van der Waals surface area contributed by atoms with Gasteiger partial charge >= 0.3 is 0 Å². The second kappa shape index (κ2) is 7.92. The van der Waals surface area contributed by atoms with Gasteiger partial charge in [-0.1, -0.05) is 51.0 Å². The Morgan fingerprint density at radius 2 is 1.47 bits per heavy atom. The van der Waals surface area contributed by atoms with Crippen molar-refractivity contribution in [2.75, 3.05) is 0 Å². The van der Waals surface area contributed by atoms with Crippen molar-refractivity contribution in [2.45, 2.75) is 89.8 Å². The highest BCUT2D eigenvalue weighted by atomic mass is 16.5. The van der Waals surface area contributed by atoms with Crippen LogP contribution in [-0.2, 0) is 4.74 Å². The Morgan fingerprint density at radius 3 is 1.94 bits per heavy atom. The van der Waals surface area contributed by atoms with Gasteiger partial charge in [-0.2, -0.15) is 0 Å². The van der Waals surface area contributed by atoms with E-state index < -0.39 is 0 Å². The van der Waals surface area contributed by atoms with Crippen molar-refractivity contribution in [1.29, 1.82) is 0 Å². The van der Waals surface area contributed by atoms with Crippen molar-refractivity contribution in [3.8, 4) is 0 Å². The normalized spacial score (nSPS) is 21.1. The van der Waals surface area contributed by atoms with Crippen LogP contribution < -0.4 is 0 Å². The van der Waals surface area contributed by atoms with E-state index in [0.717, 1.165) is 6.42 Å². The van der Waals surface area contributed by atoms with E-state index in [1.807, 2.05) is 6.08 Å². The maximum Gasteiger partial charge on any atom is 0.0664 e. The predicted molar refractivity (Wildman–Crippen MR) is 75.3 cm³/mol. The first-order valence-corrected chi connectivity index (χ1v) is 7.43. The summed E-state index contributed by atoms with van der Waals surface area (Å²) in [4.78, 5) is 0. The number of ether oxygens (including phenoxy) is 1.